The van der Waals surface area contributed by atoms with Gasteiger partial charge in [-0.15, -0.1) is 0 Å². The Balaban J connectivity index is 1.50. The molecule has 1 aliphatic heterocycles. The molecule has 2 aromatic carbocycles. The molecule has 0 amide bonds. The van der Waals surface area contributed by atoms with Crippen molar-refractivity contribution in [3.05, 3.63) is 82.5 Å². The lowest BCUT2D eigenvalue weighted by Gasteiger charge is -2.19. The third-order valence-corrected chi connectivity index (χ3v) is 4.82. The predicted molar refractivity (Wildman–Crippen MR) is 106 cm³/mol. The molecule has 1 aliphatic rings. The first-order valence-corrected chi connectivity index (χ1v) is 9.08. The molecular formula is C22H17N3O3. The van der Waals surface area contributed by atoms with Gasteiger partial charge < -0.3 is 9.47 Å². The zero-order valence-corrected chi connectivity index (χ0v) is 15.0. The number of aromatic amines is 1. The van der Waals surface area contributed by atoms with E-state index in [-0.39, 0.29) is 5.56 Å². The lowest BCUT2D eigenvalue weighted by molar-refractivity contribution is 0.171. The molecule has 0 spiro atoms. The van der Waals surface area contributed by atoms with Crippen molar-refractivity contribution in [1.82, 2.24) is 15.2 Å². The van der Waals surface area contributed by atoms with Gasteiger partial charge in [-0.05, 0) is 35.4 Å². The van der Waals surface area contributed by atoms with Gasteiger partial charge in [0.1, 0.15) is 13.2 Å². The van der Waals surface area contributed by atoms with Crippen LogP contribution in [0.5, 0.6) is 11.5 Å². The molecule has 4 aromatic rings. The molecule has 2 aromatic heterocycles. The molecule has 0 atom stereocenters. The average molecular weight is 371 g/mol. The van der Waals surface area contributed by atoms with Crippen LogP contribution in [0.15, 0.2) is 65.7 Å². The molecule has 0 unspecified atom stereocenters. The van der Waals surface area contributed by atoms with Crippen LogP contribution in [0.3, 0.4) is 0 Å². The van der Waals surface area contributed by atoms with Gasteiger partial charge in [-0.2, -0.15) is 5.10 Å². The number of hydrogen-bond acceptors (Lipinski definition) is 5. The maximum Gasteiger partial charge on any atom is 0.272 e. The number of hydrogen-bond donors (Lipinski definition) is 1. The van der Waals surface area contributed by atoms with Gasteiger partial charge in [-0.3, -0.25) is 9.78 Å². The molecule has 1 N–H and O–H groups in total. The van der Waals surface area contributed by atoms with E-state index in [0.717, 1.165) is 39.3 Å². The quantitative estimate of drug-likeness (QED) is 0.598. The van der Waals surface area contributed by atoms with Gasteiger partial charge in [-0.1, -0.05) is 24.3 Å². The first-order chi connectivity index (χ1) is 13.8. The van der Waals surface area contributed by atoms with E-state index in [9.17, 15) is 4.79 Å². The maximum atomic E-state index is 12.0. The fraction of sp³-hybridized carbons (Fsp3) is 0.136. The van der Waals surface area contributed by atoms with Crippen LogP contribution in [0, 0.1) is 0 Å². The van der Waals surface area contributed by atoms with Gasteiger partial charge in [0.2, 0.25) is 0 Å². The summed E-state index contributed by atoms with van der Waals surface area (Å²) in [6.07, 6.45) is 4.22. The van der Waals surface area contributed by atoms with Gasteiger partial charge in [0.15, 0.2) is 11.5 Å². The topological polar surface area (TPSA) is 77.1 Å². The summed E-state index contributed by atoms with van der Waals surface area (Å²) in [5.41, 5.74) is 3.65. The van der Waals surface area contributed by atoms with Gasteiger partial charge >= 0.3 is 0 Å². The van der Waals surface area contributed by atoms with E-state index in [1.807, 2.05) is 54.9 Å². The third-order valence-electron chi connectivity index (χ3n) is 4.82. The van der Waals surface area contributed by atoms with Crippen LogP contribution in [-0.4, -0.2) is 28.4 Å². The summed E-state index contributed by atoms with van der Waals surface area (Å²) >= 11 is 0. The normalized spacial score (nSPS) is 12.9. The second kappa shape index (κ2) is 6.81. The summed E-state index contributed by atoms with van der Waals surface area (Å²) in [5.74, 6) is 1.52. The number of nitrogens with zero attached hydrogens (tertiary/aromatic N) is 2. The minimum absolute atomic E-state index is 0.178. The van der Waals surface area contributed by atoms with E-state index in [4.69, 9.17) is 9.47 Å². The highest BCUT2D eigenvalue weighted by atomic mass is 16.6. The fourth-order valence-electron chi connectivity index (χ4n) is 3.46. The summed E-state index contributed by atoms with van der Waals surface area (Å²) in [5, 5.41) is 8.35. The predicted octanol–water partition coefficient (Wildman–Crippen LogP) is 3.35. The van der Waals surface area contributed by atoms with Crippen LogP contribution >= 0.6 is 0 Å². The van der Waals surface area contributed by atoms with Crippen LogP contribution < -0.4 is 15.0 Å². The summed E-state index contributed by atoms with van der Waals surface area (Å²) in [6.45, 7) is 1.13. The molecule has 0 bridgehead atoms. The monoisotopic (exact) mass is 371 g/mol. The lowest BCUT2D eigenvalue weighted by atomic mass is 10.0. The van der Waals surface area contributed by atoms with Crippen molar-refractivity contribution in [1.29, 1.82) is 0 Å². The Bertz CT molecular complexity index is 1230. The number of nitrogens with one attached hydrogen (secondary N) is 1. The Morgan fingerprint density at radius 1 is 0.893 bits per heavy atom. The van der Waals surface area contributed by atoms with Gasteiger partial charge in [0, 0.05) is 29.8 Å². The van der Waals surface area contributed by atoms with E-state index in [2.05, 4.69) is 21.2 Å². The van der Waals surface area contributed by atoms with Crippen molar-refractivity contribution in [2.75, 3.05) is 13.2 Å². The number of ether oxygens (including phenoxy) is 2. The minimum atomic E-state index is -0.178. The molecule has 28 heavy (non-hydrogen) atoms. The van der Waals surface area contributed by atoms with E-state index >= 15 is 0 Å². The molecular weight excluding hydrogens is 354 g/mol. The second-order valence-corrected chi connectivity index (χ2v) is 6.66. The largest absolute Gasteiger partial charge is 0.486 e. The highest BCUT2D eigenvalue weighted by Gasteiger charge is 2.13. The molecule has 6 heteroatoms. The number of benzene rings is 2. The van der Waals surface area contributed by atoms with Crippen LogP contribution in [0.25, 0.3) is 21.9 Å². The molecule has 138 valence electrons. The van der Waals surface area contributed by atoms with Crippen LogP contribution in [0.4, 0.5) is 0 Å². The zero-order valence-electron chi connectivity index (χ0n) is 15.0. The van der Waals surface area contributed by atoms with E-state index in [1.165, 1.54) is 0 Å². The molecule has 3 heterocycles. The van der Waals surface area contributed by atoms with Crippen molar-refractivity contribution in [3.63, 3.8) is 0 Å². The van der Waals surface area contributed by atoms with Gasteiger partial charge in [-0.25, -0.2) is 5.10 Å². The lowest BCUT2D eigenvalue weighted by Crippen LogP contribution is -2.15. The standard InChI is InChI=1S/C22H17N3O3/c26-22-18-4-2-1-3-17(18)19(24-25-22)10-14-9-16(13-23-12-14)15-5-6-20-21(11-15)28-8-7-27-20/h1-6,9,11-13H,7-8,10H2,(H,25,26). The van der Waals surface area contributed by atoms with Crippen LogP contribution in [-0.2, 0) is 6.42 Å². The smallest absolute Gasteiger partial charge is 0.272 e. The van der Waals surface area contributed by atoms with E-state index in [1.54, 1.807) is 0 Å². The Labute approximate surface area is 160 Å². The Morgan fingerprint density at radius 2 is 1.71 bits per heavy atom. The van der Waals surface area contributed by atoms with Crippen molar-refractivity contribution in [2.24, 2.45) is 0 Å². The molecule has 0 aliphatic carbocycles. The third kappa shape index (κ3) is 2.99. The van der Waals surface area contributed by atoms with Crippen molar-refractivity contribution < 1.29 is 9.47 Å². The number of rotatable bonds is 3. The van der Waals surface area contributed by atoms with Crippen LogP contribution in [0.1, 0.15) is 11.3 Å². The van der Waals surface area contributed by atoms with E-state index < -0.39 is 0 Å². The minimum Gasteiger partial charge on any atom is -0.486 e. The number of aromatic nitrogens is 3. The molecule has 0 saturated carbocycles. The molecule has 0 saturated heterocycles. The van der Waals surface area contributed by atoms with Crippen molar-refractivity contribution >= 4 is 10.8 Å². The van der Waals surface area contributed by atoms with Gasteiger partial charge in [0.05, 0.1) is 11.1 Å². The number of H-pyrrole nitrogens is 1. The summed E-state index contributed by atoms with van der Waals surface area (Å²) in [6, 6.07) is 15.5. The SMILES string of the molecule is O=c1[nH]nc(Cc2cncc(-c3ccc4c(c3)OCCO4)c2)c2ccccc12. The van der Waals surface area contributed by atoms with Crippen LogP contribution in [0.2, 0.25) is 0 Å². The zero-order chi connectivity index (χ0) is 18.9. The summed E-state index contributed by atoms with van der Waals surface area (Å²) in [7, 11) is 0. The number of fused-ring (bicyclic) bond motifs is 2. The average Bonchev–Trinajstić information content (AvgIpc) is 2.76. The Morgan fingerprint density at radius 3 is 2.61 bits per heavy atom. The highest BCUT2D eigenvalue weighted by Crippen LogP contribution is 2.34. The number of pyridine rings is 1. The summed E-state index contributed by atoms with van der Waals surface area (Å²) < 4.78 is 11.3. The fourth-order valence-corrected chi connectivity index (χ4v) is 3.46. The van der Waals surface area contributed by atoms with Crippen molar-refractivity contribution in [3.8, 4) is 22.6 Å². The molecule has 5 rings (SSSR count). The molecule has 0 fully saturated rings. The van der Waals surface area contributed by atoms with Gasteiger partial charge in [0.25, 0.3) is 5.56 Å². The Hall–Kier alpha value is -3.67. The Kier molecular flexibility index (Phi) is 4.01. The summed E-state index contributed by atoms with van der Waals surface area (Å²) in [4.78, 5) is 16.4. The second-order valence-electron chi connectivity index (χ2n) is 6.66. The first-order valence-electron chi connectivity index (χ1n) is 9.08. The first kappa shape index (κ1) is 16.5. The molecule has 0 radical (unpaired) electrons. The van der Waals surface area contributed by atoms with E-state index in [0.29, 0.717) is 25.0 Å². The van der Waals surface area contributed by atoms with Crippen molar-refractivity contribution in [2.45, 2.75) is 6.42 Å². The maximum absolute atomic E-state index is 12.0. The highest BCUT2D eigenvalue weighted by molar-refractivity contribution is 5.83. The molecule has 6 nitrogen and oxygen atoms in total.